The number of aliphatic carboxylic acids is 1. The summed E-state index contributed by atoms with van der Waals surface area (Å²) in [5.41, 5.74) is 2.44. The van der Waals surface area contributed by atoms with Crippen molar-refractivity contribution in [1.29, 1.82) is 0 Å². The van der Waals surface area contributed by atoms with Crippen molar-refractivity contribution < 1.29 is 9.90 Å². The molecule has 0 radical (unpaired) electrons. The quantitative estimate of drug-likeness (QED) is 0.914. The predicted molar refractivity (Wildman–Crippen MR) is 73.3 cm³/mol. The van der Waals surface area contributed by atoms with Gasteiger partial charge in [0.2, 0.25) is 0 Å². The Bertz CT molecular complexity index is 725. The summed E-state index contributed by atoms with van der Waals surface area (Å²) in [4.78, 5) is 11.1. The van der Waals surface area contributed by atoms with Crippen molar-refractivity contribution in [2.24, 2.45) is 17.9 Å². The van der Waals surface area contributed by atoms with Crippen LogP contribution in [0.2, 0.25) is 0 Å². The zero-order valence-electron chi connectivity index (χ0n) is 12.1. The van der Waals surface area contributed by atoms with Gasteiger partial charge in [0.25, 0.3) is 0 Å². The van der Waals surface area contributed by atoms with Crippen molar-refractivity contribution in [2.45, 2.75) is 32.7 Å². The first-order chi connectivity index (χ1) is 9.91. The smallest absolute Gasteiger partial charge is 0.309 e. The average molecular weight is 287 g/mol. The molecule has 7 heteroatoms. The topological polar surface area (TPSA) is 85.8 Å². The summed E-state index contributed by atoms with van der Waals surface area (Å²) in [7, 11) is 1.88. The summed E-state index contributed by atoms with van der Waals surface area (Å²) >= 11 is 0. The van der Waals surface area contributed by atoms with Gasteiger partial charge in [-0.05, 0) is 31.6 Å². The van der Waals surface area contributed by atoms with Crippen molar-refractivity contribution in [3.8, 4) is 11.3 Å². The molecule has 0 unspecified atom stereocenters. The summed E-state index contributed by atoms with van der Waals surface area (Å²) in [6.45, 7) is 2.71. The maximum absolute atomic E-state index is 11.1. The van der Waals surface area contributed by atoms with Gasteiger partial charge in [-0.2, -0.15) is 5.10 Å². The molecule has 0 saturated heterocycles. The Balaban J connectivity index is 1.50. The average Bonchev–Trinajstić information content (AvgIpc) is 2.87. The van der Waals surface area contributed by atoms with Crippen molar-refractivity contribution in [1.82, 2.24) is 24.8 Å². The fraction of sp³-hybridized carbons (Fsp3) is 0.571. The summed E-state index contributed by atoms with van der Waals surface area (Å²) in [6, 6.07) is 0. The molecule has 0 spiro atoms. The van der Waals surface area contributed by atoms with Crippen LogP contribution in [0.5, 0.6) is 0 Å². The number of carbonyl (C=O) groups is 1. The van der Waals surface area contributed by atoms with E-state index < -0.39 is 11.4 Å². The molecule has 2 heterocycles. The maximum Gasteiger partial charge on any atom is 0.309 e. The van der Waals surface area contributed by atoms with Gasteiger partial charge in [-0.15, -0.1) is 5.10 Å². The third-order valence-corrected chi connectivity index (χ3v) is 4.92. The van der Waals surface area contributed by atoms with E-state index in [2.05, 4.69) is 15.4 Å². The Labute approximate surface area is 121 Å². The van der Waals surface area contributed by atoms with Gasteiger partial charge in [-0.3, -0.25) is 14.2 Å². The number of aromatic nitrogens is 5. The van der Waals surface area contributed by atoms with E-state index in [9.17, 15) is 4.79 Å². The van der Waals surface area contributed by atoms with Gasteiger partial charge in [0, 0.05) is 25.4 Å². The van der Waals surface area contributed by atoms with E-state index in [1.807, 2.05) is 31.0 Å². The first-order valence-corrected chi connectivity index (χ1v) is 7.06. The highest BCUT2D eigenvalue weighted by atomic mass is 16.4. The SMILES string of the molecule is Cc1nn(C)cc1-c1cn(CC23CC(C(=O)O)(C2)C3)nn1. The van der Waals surface area contributed by atoms with Gasteiger partial charge in [0.1, 0.15) is 5.69 Å². The Kier molecular flexibility index (Phi) is 2.22. The molecule has 5 rings (SSSR count). The van der Waals surface area contributed by atoms with Crippen LogP contribution in [0.3, 0.4) is 0 Å². The van der Waals surface area contributed by atoms with E-state index >= 15 is 0 Å². The maximum atomic E-state index is 11.1. The zero-order chi connectivity index (χ0) is 14.8. The van der Waals surface area contributed by atoms with Crippen molar-refractivity contribution in [2.75, 3.05) is 0 Å². The molecule has 2 aromatic heterocycles. The van der Waals surface area contributed by atoms with Crippen molar-refractivity contribution >= 4 is 5.97 Å². The van der Waals surface area contributed by atoms with Crippen LogP contribution in [0, 0.1) is 17.8 Å². The number of rotatable bonds is 4. The molecule has 0 aliphatic heterocycles. The Morgan fingerprint density at radius 2 is 2.10 bits per heavy atom. The van der Waals surface area contributed by atoms with Gasteiger partial charge >= 0.3 is 5.97 Å². The lowest BCUT2D eigenvalue weighted by Gasteiger charge is -2.68. The highest BCUT2D eigenvalue weighted by molar-refractivity contribution is 5.79. The molecular formula is C14H17N5O2. The normalized spacial score (nSPS) is 29.8. The third-order valence-electron chi connectivity index (χ3n) is 4.92. The molecule has 21 heavy (non-hydrogen) atoms. The second-order valence-electron chi connectivity index (χ2n) is 6.72. The van der Waals surface area contributed by atoms with Crippen molar-refractivity contribution in [3.05, 3.63) is 18.1 Å². The standard InChI is InChI=1S/C14H17N5O2/c1-9-10(3-18(2)16-9)11-4-19(17-15-11)8-13-5-14(6-13,7-13)12(20)21/h3-4H,5-8H2,1-2H3,(H,20,21). The number of hydrogen-bond acceptors (Lipinski definition) is 4. The highest BCUT2D eigenvalue weighted by Crippen LogP contribution is 2.73. The summed E-state index contributed by atoms with van der Waals surface area (Å²) in [5.74, 6) is -0.644. The minimum Gasteiger partial charge on any atom is -0.481 e. The molecule has 0 atom stereocenters. The summed E-state index contributed by atoms with van der Waals surface area (Å²) in [5, 5.41) is 21.9. The Morgan fingerprint density at radius 1 is 1.38 bits per heavy atom. The van der Waals surface area contributed by atoms with Gasteiger partial charge in [0.15, 0.2) is 0 Å². The molecule has 3 fully saturated rings. The number of nitrogens with zero attached hydrogens (tertiary/aromatic N) is 5. The van der Waals surface area contributed by atoms with Gasteiger partial charge in [-0.1, -0.05) is 5.21 Å². The van der Waals surface area contributed by atoms with Crippen LogP contribution in [0.15, 0.2) is 12.4 Å². The Hall–Kier alpha value is -2.18. The van der Waals surface area contributed by atoms with E-state index in [1.165, 1.54) is 0 Å². The van der Waals surface area contributed by atoms with Crippen molar-refractivity contribution in [3.63, 3.8) is 0 Å². The minimum absolute atomic E-state index is 0.132. The highest BCUT2D eigenvalue weighted by Gasteiger charge is 2.71. The monoisotopic (exact) mass is 287 g/mol. The first-order valence-electron chi connectivity index (χ1n) is 7.06. The molecule has 2 bridgehead atoms. The number of carboxylic acids is 1. The fourth-order valence-corrected chi connectivity index (χ4v) is 4.09. The lowest BCUT2D eigenvalue weighted by Crippen LogP contribution is -2.66. The summed E-state index contributed by atoms with van der Waals surface area (Å²) in [6.07, 6.45) is 6.19. The lowest BCUT2D eigenvalue weighted by molar-refractivity contribution is -0.228. The molecule has 3 aliphatic carbocycles. The third kappa shape index (κ3) is 1.66. The molecule has 0 aromatic carbocycles. The van der Waals surface area contributed by atoms with Crippen LogP contribution in [-0.2, 0) is 18.4 Å². The molecule has 7 nitrogen and oxygen atoms in total. The molecule has 110 valence electrons. The molecule has 2 aromatic rings. The molecular weight excluding hydrogens is 270 g/mol. The van der Waals surface area contributed by atoms with Gasteiger partial charge in [-0.25, -0.2) is 0 Å². The minimum atomic E-state index is -0.644. The molecule has 3 aliphatic rings. The van der Waals surface area contributed by atoms with Crippen LogP contribution in [-0.4, -0.2) is 35.9 Å². The second kappa shape index (κ2) is 3.72. The van der Waals surface area contributed by atoms with Crippen LogP contribution in [0.25, 0.3) is 11.3 Å². The number of aryl methyl sites for hydroxylation is 2. The van der Waals surface area contributed by atoms with E-state index in [1.54, 1.807) is 4.68 Å². The van der Waals surface area contributed by atoms with E-state index in [-0.39, 0.29) is 5.41 Å². The van der Waals surface area contributed by atoms with Crippen LogP contribution >= 0.6 is 0 Å². The Morgan fingerprint density at radius 3 is 2.67 bits per heavy atom. The van der Waals surface area contributed by atoms with Gasteiger partial charge in [0.05, 0.1) is 17.3 Å². The predicted octanol–water partition coefficient (Wildman–Crippen LogP) is 1.24. The van der Waals surface area contributed by atoms with E-state index in [4.69, 9.17) is 5.11 Å². The largest absolute Gasteiger partial charge is 0.481 e. The van der Waals surface area contributed by atoms with E-state index in [0.717, 1.165) is 42.8 Å². The van der Waals surface area contributed by atoms with Gasteiger partial charge < -0.3 is 5.11 Å². The van der Waals surface area contributed by atoms with Crippen LogP contribution in [0.1, 0.15) is 25.0 Å². The fourth-order valence-electron chi connectivity index (χ4n) is 4.09. The van der Waals surface area contributed by atoms with Crippen LogP contribution < -0.4 is 0 Å². The molecule has 3 saturated carbocycles. The lowest BCUT2D eigenvalue weighted by atomic mass is 9.35. The van der Waals surface area contributed by atoms with E-state index in [0.29, 0.717) is 0 Å². The number of carboxylic acid groups (broad SMARTS) is 1. The van der Waals surface area contributed by atoms with Crippen LogP contribution in [0.4, 0.5) is 0 Å². The molecule has 1 N–H and O–H groups in total. The molecule has 0 amide bonds. The summed E-state index contributed by atoms with van der Waals surface area (Å²) < 4.78 is 3.61. The number of hydrogen-bond donors (Lipinski definition) is 1. The zero-order valence-corrected chi connectivity index (χ0v) is 12.1. The second-order valence-corrected chi connectivity index (χ2v) is 6.72. The first kappa shape index (κ1) is 12.6.